The summed E-state index contributed by atoms with van der Waals surface area (Å²) < 4.78 is 5.88. The fourth-order valence-corrected chi connectivity index (χ4v) is 1.27. The van der Waals surface area contributed by atoms with Crippen LogP contribution >= 0.6 is 0 Å². The van der Waals surface area contributed by atoms with Crippen molar-refractivity contribution < 1.29 is 4.74 Å². The lowest BCUT2D eigenvalue weighted by Crippen LogP contribution is -2.58. The molecule has 1 aliphatic heterocycles. The highest BCUT2D eigenvalue weighted by Gasteiger charge is 2.40. The number of ether oxygens (including phenoxy) is 1. The van der Waals surface area contributed by atoms with Gasteiger partial charge in [0.15, 0.2) is 0 Å². The van der Waals surface area contributed by atoms with Crippen LogP contribution in [0.25, 0.3) is 0 Å². The van der Waals surface area contributed by atoms with E-state index in [1.807, 2.05) is 0 Å². The lowest BCUT2D eigenvalue weighted by Gasteiger charge is -2.46. The molecule has 0 amide bonds. The summed E-state index contributed by atoms with van der Waals surface area (Å²) in [6.07, 6.45) is 0. The monoisotopic (exact) mass is 171 g/mol. The predicted molar refractivity (Wildman–Crippen MR) is 51.3 cm³/mol. The Kier molecular flexibility index (Phi) is 2.50. The van der Waals surface area contributed by atoms with E-state index in [1.165, 1.54) is 0 Å². The summed E-state index contributed by atoms with van der Waals surface area (Å²) in [6.45, 7) is 12.8. The molecule has 1 N–H and O–H groups in total. The van der Waals surface area contributed by atoms with Crippen molar-refractivity contribution in [3.63, 3.8) is 0 Å². The third-order valence-corrected chi connectivity index (χ3v) is 3.03. The fourth-order valence-electron chi connectivity index (χ4n) is 1.27. The van der Waals surface area contributed by atoms with Gasteiger partial charge in [0.1, 0.15) is 0 Å². The first-order chi connectivity index (χ1) is 5.35. The fraction of sp³-hybridized carbons (Fsp3) is 1.00. The van der Waals surface area contributed by atoms with E-state index in [0.29, 0.717) is 6.04 Å². The molecule has 1 heterocycles. The van der Waals surface area contributed by atoms with Gasteiger partial charge in [-0.15, -0.1) is 0 Å². The molecule has 0 aromatic carbocycles. The average Bonchev–Trinajstić information content (AvgIpc) is 1.93. The number of nitrogens with one attached hydrogen (secondary N) is 1. The van der Waals surface area contributed by atoms with Crippen LogP contribution in [0.3, 0.4) is 0 Å². The van der Waals surface area contributed by atoms with Gasteiger partial charge in [0.2, 0.25) is 0 Å². The Morgan fingerprint density at radius 2 is 2.00 bits per heavy atom. The summed E-state index contributed by atoms with van der Waals surface area (Å²) in [5, 5.41) is 3.45. The Bertz CT molecular complexity index is 152. The maximum atomic E-state index is 5.88. The zero-order chi connectivity index (χ0) is 9.41. The molecule has 2 nitrogen and oxygen atoms in total. The molecule has 0 aliphatic carbocycles. The zero-order valence-electron chi connectivity index (χ0n) is 8.90. The quantitative estimate of drug-likeness (QED) is 0.600. The molecule has 0 aromatic rings. The second-order valence-corrected chi connectivity index (χ2v) is 5.07. The summed E-state index contributed by atoms with van der Waals surface area (Å²) in [7, 11) is 0. The topological polar surface area (TPSA) is 21.3 Å². The molecule has 0 aromatic heterocycles. The summed E-state index contributed by atoms with van der Waals surface area (Å²) in [4.78, 5) is 0. The van der Waals surface area contributed by atoms with E-state index < -0.39 is 0 Å². The van der Waals surface area contributed by atoms with Crippen LogP contribution < -0.4 is 5.32 Å². The average molecular weight is 171 g/mol. The smallest absolute Gasteiger partial charge is 0.0827 e. The molecule has 2 atom stereocenters. The van der Waals surface area contributed by atoms with E-state index in [9.17, 15) is 0 Å². The molecule has 2 unspecified atom stereocenters. The van der Waals surface area contributed by atoms with E-state index in [4.69, 9.17) is 4.74 Å². The normalized spacial score (nSPS) is 38.2. The Hall–Kier alpha value is -0.0800. The molecule has 1 rings (SSSR count). The van der Waals surface area contributed by atoms with Crippen molar-refractivity contribution in [2.24, 2.45) is 5.41 Å². The van der Waals surface area contributed by atoms with Crippen LogP contribution in [0, 0.1) is 5.41 Å². The van der Waals surface area contributed by atoms with Crippen molar-refractivity contribution >= 4 is 0 Å². The van der Waals surface area contributed by atoms with Gasteiger partial charge in [0.25, 0.3) is 0 Å². The molecule has 0 radical (unpaired) electrons. The van der Waals surface area contributed by atoms with Crippen LogP contribution in [0.2, 0.25) is 0 Å². The molecule has 2 heteroatoms. The molecule has 0 bridgehead atoms. The second-order valence-electron chi connectivity index (χ2n) is 5.07. The zero-order valence-corrected chi connectivity index (χ0v) is 8.90. The van der Waals surface area contributed by atoms with Crippen molar-refractivity contribution in [2.75, 3.05) is 13.2 Å². The van der Waals surface area contributed by atoms with Gasteiger partial charge in [-0.3, -0.25) is 0 Å². The van der Waals surface area contributed by atoms with E-state index >= 15 is 0 Å². The van der Waals surface area contributed by atoms with Crippen molar-refractivity contribution in [3.8, 4) is 0 Å². The highest BCUT2D eigenvalue weighted by molar-refractivity contribution is 4.93. The van der Waals surface area contributed by atoms with E-state index in [2.05, 4.69) is 39.9 Å². The molecule has 1 aliphatic rings. The summed E-state index contributed by atoms with van der Waals surface area (Å²) in [5.41, 5.74) is 0.194. The first-order valence-electron chi connectivity index (χ1n) is 4.72. The Morgan fingerprint density at radius 1 is 1.42 bits per heavy atom. The molecule has 1 saturated heterocycles. The minimum Gasteiger partial charge on any atom is -0.372 e. The Labute approximate surface area is 75.7 Å². The Balaban J connectivity index is 2.62. The van der Waals surface area contributed by atoms with Crippen LogP contribution in [0.5, 0.6) is 0 Å². The van der Waals surface area contributed by atoms with Crippen molar-refractivity contribution in [1.82, 2.24) is 5.32 Å². The summed E-state index contributed by atoms with van der Waals surface area (Å²) >= 11 is 0. The maximum Gasteiger partial charge on any atom is 0.0827 e. The molecule has 12 heavy (non-hydrogen) atoms. The number of hydrogen-bond donors (Lipinski definition) is 1. The SMILES string of the molecule is CC1COC(C)(C(C)(C)C)CN1. The van der Waals surface area contributed by atoms with E-state index in [0.717, 1.165) is 13.2 Å². The van der Waals surface area contributed by atoms with Gasteiger partial charge in [0.05, 0.1) is 12.2 Å². The lowest BCUT2D eigenvalue weighted by atomic mass is 9.77. The van der Waals surface area contributed by atoms with Gasteiger partial charge < -0.3 is 10.1 Å². The van der Waals surface area contributed by atoms with Gasteiger partial charge in [-0.1, -0.05) is 20.8 Å². The van der Waals surface area contributed by atoms with Gasteiger partial charge >= 0.3 is 0 Å². The van der Waals surface area contributed by atoms with Crippen LogP contribution in [-0.2, 0) is 4.74 Å². The Morgan fingerprint density at radius 3 is 2.33 bits per heavy atom. The van der Waals surface area contributed by atoms with Gasteiger partial charge in [0, 0.05) is 12.6 Å². The van der Waals surface area contributed by atoms with Crippen molar-refractivity contribution in [1.29, 1.82) is 0 Å². The number of rotatable bonds is 0. The van der Waals surface area contributed by atoms with Crippen LogP contribution in [0.15, 0.2) is 0 Å². The number of hydrogen-bond acceptors (Lipinski definition) is 2. The molecule has 0 saturated carbocycles. The number of morpholine rings is 1. The highest BCUT2D eigenvalue weighted by atomic mass is 16.5. The van der Waals surface area contributed by atoms with E-state index in [1.54, 1.807) is 0 Å². The minimum atomic E-state index is -0.0144. The molecule has 72 valence electrons. The van der Waals surface area contributed by atoms with Crippen LogP contribution in [0.4, 0.5) is 0 Å². The maximum absolute atomic E-state index is 5.88. The largest absolute Gasteiger partial charge is 0.372 e. The van der Waals surface area contributed by atoms with Crippen LogP contribution in [0.1, 0.15) is 34.6 Å². The van der Waals surface area contributed by atoms with Gasteiger partial charge in [-0.05, 0) is 19.3 Å². The predicted octanol–water partition coefficient (Wildman–Crippen LogP) is 1.80. The van der Waals surface area contributed by atoms with Crippen molar-refractivity contribution in [3.05, 3.63) is 0 Å². The molecular formula is C10H21NO. The highest BCUT2D eigenvalue weighted by Crippen LogP contribution is 2.34. The minimum absolute atomic E-state index is 0.0144. The standard InChI is InChI=1S/C10H21NO/c1-8-6-12-10(5,7-11-8)9(2,3)4/h8,11H,6-7H2,1-5H3. The summed E-state index contributed by atoms with van der Waals surface area (Å²) in [5.74, 6) is 0. The first-order valence-corrected chi connectivity index (χ1v) is 4.72. The van der Waals surface area contributed by atoms with Gasteiger partial charge in [-0.2, -0.15) is 0 Å². The first kappa shape index (κ1) is 10.0. The summed E-state index contributed by atoms with van der Waals surface area (Å²) in [6, 6.07) is 0.500. The van der Waals surface area contributed by atoms with Crippen LogP contribution in [-0.4, -0.2) is 24.8 Å². The van der Waals surface area contributed by atoms with Gasteiger partial charge in [-0.25, -0.2) is 0 Å². The molecule has 0 spiro atoms. The third kappa shape index (κ3) is 1.80. The molecular weight excluding hydrogens is 150 g/mol. The molecule has 1 fully saturated rings. The second kappa shape index (κ2) is 3.00. The van der Waals surface area contributed by atoms with Crippen molar-refractivity contribution in [2.45, 2.75) is 46.3 Å². The third-order valence-electron chi connectivity index (χ3n) is 3.03. The van der Waals surface area contributed by atoms with E-state index in [-0.39, 0.29) is 11.0 Å². The lowest BCUT2D eigenvalue weighted by molar-refractivity contribution is -0.130.